The van der Waals surface area contributed by atoms with Gasteiger partial charge in [0.2, 0.25) is 0 Å². The number of benzene rings is 1. The Morgan fingerprint density at radius 3 is 2.47 bits per heavy atom. The fourth-order valence-corrected chi connectivity index (χ4v) is 1.57. The summed E-state index contributed by atoms with van der Waals surface area (Å²) in [6, 6.07) is 6.59. The number of halogens is 1. The molecular formula is C14H22FNO. The fraction of sp³-hybridized carbons (Fsp3) is 0.571. The molecule has 0 bridgehead atoms. The lowest BCUT2D eigenvalue weighted by atomic mass is 9.88. The molecule has 17 heavy (non-hydrogen) atoms. The van der Waals surface area contributed by atoms with E-state index in [0.29, 0.717) is 0 Å². The summed E-state index contributed by atoms with van der Waals surface area (Å²) in [5.74, 6) is -0.194. The van der Waals surface area contributed by atoms with Gasteiger partial charge in [0.1, 0.15) is 5.82 Å². The lowest BCUT2D eigenvalue weighted by Gasteiger charge is -2.25. The zero-order valence-electron chi connectivity index (χ0n) is 10.7. The van der Waals surface area contributed by atoms with Crippen LogP contribution in [0.2, 0.25) is 0 Å². The third kappa shape index (κ3) is 4.84. The Kier molecular flexibility index (Phi) is 5.59. The van der Waals surface area contributed by atoms with Crippen LogP contribution in [0.5, 0.6) is 0 Å². The Morgan fingerprint density at radius 2 is 1.94 bits per heavy atom. The Hall–Kier alpha value is -0.930. The Labute approximate surface area is 103 Å². The topological polar surface area (TPSA) is 32.3 Å². The van der Waals surface area contributed by atoms with E-state index in [-0.39, 0.29) is 17.8 Å². The van der Waals surface area contributed by atoms with Crippen molar-refractivity contribution in [1.82, 2.24) is 5.32 Å². The van der Waals surface area contributed by atoms with Gasteiger partial charge in [0, 0.05) is 18.6 Å². The molecule has 1 atom stereocenters. The molecule has 0 amide bonds. The number of aliphatic hydroxyl groups is 1. The van der Waals surface area contributed by atoms with Crippen LogP contribution in [-0.4, -0.2) is 24.8 Å². The van der Waals surface area contributed by atoms with Crippen LogP contribution in [0.3, 0.4) is 0 Å². The molecule has 0 heterocycles. The second kappa shape index (κ2) is 6.72. The van der Waals surface area contributed by atoms with Gasteiger partial charge in [-0.1, -0.05) is 26.0 Å². The molecule has 0 aromatic heterocycles. The summed E-state index contributed by atoms with van der Waals surface area (Å²) in [7, 11) is 0. The second-order valence-corrected chi connectivity index (χ2v) is 4.88. The molecule has 96 valence electrons. The molecule has 0 saturated heterocycles. The minimum atomic E-state index is -0.194. The van der Waals surface area contributed by atoms with Crippen LogP contribution in [0, 0.1) is 11.2 Å². The largest absolute Gasteiger partial charge is 0.396 e. The van der Waals surface area contributed by atoms with Crippen molar-refractivity contribution in [2.45, 2.75) is 26.7 Å². The van der Waals surface area contributed by atoms with Crippen LogP contribution in [-0.2, 0) is 6.42 Å². The van der Waals surface area contributed by atoms with Gasteiger partial charge in [-0.3, -0.25) is 0 Å². The summed E-state index contributed by atoms with van der Waals surface area (Å²) in [5, 5.41) is 12.6. The Bertz CT molecular complexity index is 319. The first kappa shape index (κ1) is 14.1. The van der Waals surface area contributed by atoms with E-state index in [1.54, 1.807) is 0 Å². The highest BCUT2D eigenvalue weighted by Crippen LogP contribution is 2.18. The molecule has 1 aromatic rings. The van der Waals surface area contributed by atoms with E-state index >= 15 is 0 Å². The van der Waals surface area contributed by atoms with Gasteiger partial charge >= 0.3 is 0 Å². The van der Waals surface area contributed by atoms with Gasteiger partial charge in [-0.2, -0.15) is 0 Å². The van der Waals surface area contributed by atoms with Crippen LogP contribution < -0.4 is 5.32 Å². The predicted octanol–water partition coefficient (Wildman–Crippen LogP) is 2.37. The zero-order chi connectivity index (χ0) is 12.7. The molecule has 0 fully saturated rings. The number of aliphatic hydroxyl groups excluding tert-OH is 1. The van der Waals surface area contributed by atoms with Crippen molar-refractivity contribution >= 4 is 0 Å². The van der Waals surface area contributed by atoms with Gasteiger partial charge < -0.3 is 10.4 Å². The smallest absolute Gasteiger partial charge is 0.123 e. The van der Waals surface area contributed by atoms with E-state index in [9.17, 15) is 9.50 Å². The predicted molar refractivity (Wildman–Crippen MR) is 68.5 cm³/mol. The molecule has 0 radical (unpaired) electrons. The summed E-state index contributed by atoms with van der Waals surface area (Å²) in [6.07, 6.45) is 1.83. The third-order valence-corrected chi connectivity index (χ3v) is 3.29. The molecule has 0 spiro atoms. The summed E-state index contributed by atoms with van der Waals surface area (Å²) in [6.45, 7) is 6.01. The van der Waals surface area contributed by atoms with Crippen molar-refractivity contribution in [1.29, 1.82) is 0 Å². The highest BCUT2D eigenvalue weighted by molar-refractivity contribution is 5.16. The van der Waals surface area contributed by atoms with Gasteiger partial charge in [-0.05, 0) is 37.1 Å². The Morgan fingerprint density at radius 1 is 1.29 bits per heavy atom. The van der Waals surface area contributed by atoms with Crippen LogP contribution in [0.4, 0.5) is 4.39 Å². The molecule has 3 heteroatoms. The molecule has 0 aliphatic heterocycles. The summed E-state index contributed by atoms with van der Waals surface area (Å²) in [5.41, 5.74) is 1.09. The highest BCUT2D eigenvalue weighted by atomic mass is 19.1. The Balaban J connectivity index is 2.26. The van der Waals surface area contributed by atoms with E-state index < -0.39 is 0 Å². The first-order valence-corrected chi connectivity index (χ1v) is 6.16. The van der Waals surface area contributed by atoms with Crippen molar-refractivity contribution < 1.29 is 9.50 Å². The van der Waals surface area contributed by atoms with Crippen molar-refractivity contribution in [3.05, 3.63) is 35.6 Å². The zero-order valence-corrected chi connectivity index (χ0v) is 10.7. The van der Waals surface area contributed by atoms with Crippen LogP contribution in [0.25, 0.3) is 0 Å². The minimum Gasteiger partial charge on any atom is -0.396 e. The standard InChI is InChI=1S/C14H22FNO/c1-3-14(2,11-17)10-16-9-8-12-4-6-13(15)7-5-12/h4-7,16-17H,3,8-11H2,1-2H3. The number of hydrogen-bond acceptors (Lipinski definition) is 2. The van der Waals surface area contributed by atoms with Crippen molar-refractivity contribution in [2.24, 2.45) is 5.41 Å². The maximum absolute atomic E-state index is 12.7. The van der Waals surface area contributed by atoms with Crippen molar-refractivity contribution in [2.75, 3.05) is 19.7 Å². The number of nitrogens with one attached hydrogen (secondary N) is 1. The molecule has 1 rings (SSSR count). The van der Waals surface area contributed by atoms with Crippen molar-refractivity contribution in [3.63, 3.8) is 0 Å². The first-order valence-electron chi connectivity index (χ1n) is 6.16. The van der Waals surface area contributed by atoms with Crippen molar-refractivity contribution in [3.8, 4) is 0 Å². The second-order valence-electron chi connectivity index (χ2n) is 4.88. The maximum Gasteiger partial charge on any atom is 0.123 e. The number of hydrogen-bond donors (Lipinski definition) is 2. The van der Waals surface area contributed by atoms with Crippen LogP contribution >= 0.6 is 0 Å². The average molecular weight is 239 g/mol. The molecule has 0 saturated carbocycles. The lowest BCUT2D eigenvalue weighted by molar-refractivity contribution is 0.136. The van der Waals surface area contributed by atoms with Gasteiger partial charge in [0.25, 0.3) is 0 Å². The van der Waals surface area contributed by atoms with E-state index in [0.717, 1.165) is 31.5 Å². The van der Waals surface area contributed by atoms with Gasteiger partial charge in [-0.15, -0.1) is 0 Å². The highest BCUT2D eigenvalue weighted by Gasteiger charge is 2.19. The summed E-state index contributed by atoms with van der Waals surface area (Å²) >= 11 is 0. The molecule has 0 aliphatic rings. The quantitative estimate of drug-likeness (QED) is 0.716. The summed E-state index contributed by atoms with van der Waals surface area (Å²) in [4.78, 5) is 0. The normalized spacial score (nSPS) is 14.6. The first-order chi connectivity index (χ1) is 8.09. The monoisotopic (exact) mass is 239 g/mol. The molecule has 1 unspecified atom stereocenters. The maximum atomic E-state index is 12.7. The average Bonchev–Trinajstić information content (AvgIpc) is 2.36. The van der Waals surface area contributed by atoms with E-state index in [4.69, 9.17) is 0 Å². The van der Waals surface area contributed by atoms with E-state index in [1.807, 2.05) is 12.1 Å². The summed E-state index contributed by atoms with van der Waals surface area (Å²) < 4.78 is 12.7. The van der Waals surface area contributed by atoms with Crippen LogP contribution in [0.15, 0.2) is 24.3 Å². The van der Waals surface area contributed by atoms with E-state index in [2.05, 4.69) is 19.2 Å². The minimum absolute atomic E-state index is 0.0389. The molecular weight excluding hydrogens is 217 g/mol. The van der Waals surface area contributed by atoms with Gasteiger partial charge in [-0.25, -0.2) is 4.39 Å². The third-order valence-electron chi connectivity index (χ3n) is 3.29. The molecule has 1 aromatic carbocycles. The molecule has 0 aliphatic carbocycles. The lowest BCUT2D eigenvalue weighted by Crippen LogP contribution is -2.35. The van der Waals surface area contributed by atoms with E-state index in [1.165, 1.54) is 12.1 Å². The SMILES string of the molecule is CCC(C)(CO)CNCCc1ccc(F)cc1. The van der Waals surface area contributed by atoms with Gasteiger partial charge in [0.05, 0.1) is 0 Å². The number of rotatable bonds is 7. The molecule has 2 N–H and O–H groups in total. The fourth-order valence-electron chi connectivity index (χ4n) is 1.57. The molecule has 2 nitrogen and oxygen atoms in total. The van der Waals surface area contributed by atoms with Gasteiger partial charge in [0.15, 0.2) is 0 Å². The van der Waals surface area contributed by atoms with Crippen LogP contribution in [0.1, 0.15) is 25.8 Å².